The zero-order valence-electron chi connectivity index (χ0n) is 18.2. The lowest BCUT2D eigenvalue weighted by Gasteiger charge is -2.40. The summed E-state index contributed by atoms with van der Waals surface area (Å²) < 4.78 is 5.47. The van der Waals surface area contributed by atoms with E-state index in [0.717, 1.165) is 55.9 Å². The topological polar surface area (TPSA) is 80.2 Å². The van der Waals surface area contributed by atoms with Crippen LogP contribution in [0.4, 0.5) is 5.82 Å². The zero-order chi connectivity index (χ0) is 21.6. The summed E-state index contributed by atoms with van der Waals surface area (Å²) in [6.45, 7) is 6.77. The fraction of sp³-hybridized carbons (Fsp3) is 0.542. The van der Waals surface area contributed by atoms with Crippen molar-refractivity contribution in [1.82, 2.24) is 15.0 Å². The number of pyridine rings is 1. The van der Waals surface area contributed by atoms with Gasteiger partial charge < -0.3 is 15.2 Å². The molecule has 6 nitrogen and oxygen atoms in total. The van der Waals surface area contributed by atoms with Crippen LogP contribution in [0.25, 0.3) is 0 Å². The van der Waals surface area contributed by atoms with E-state index in [1.54, 1.807) is 6.20 Å². The summed E-state index contributed by atoms with van der Waals surface area (Å²) in [4.78, 5) is 13.7. The summed E-state index contributed by atoms with van der Waals surface area (Å²) in [6.07, 6.45) is 12.1. The van der Waals surface area contributed by atoms with Crippen molar-refractivity contribution in [2.24, 2.45) is 5.41 Å². The van der Waals surface area contributed by atoms with E-state index in [1.807, 2.05) is 25.1 Å². The Kier molecular flexibility index (Phi) is 7.28. The Morgan fingerprint density at radius 1 is 1.27 bits per heavy atom. The fourth-order valence-corrected chi connectivity index (χ4v) is 3.95. The highest BCUT2D eigenvalue weighted by molar-refractivity contribution is 5.52. The van der Waals surface area contributed by atoms with E-state index >= 15 is 0 Å². The Morgan fingerprint density at radius 2 is 2.10 bits per heavy atom. The SMILES string of the molecule is C#Cc1cnc(CCCc2cccc(OCC)n2)nc1N[C@@H]1CC[C@H](O)C(C)(C)C1. The molecule has 2 aromatic rings. The molecule has 160 valence electrons. The lowest BCUT2D eigenvalue weighted by molar-refractivity contribution is 0.00926. The van der Waals surface area contributed by atoms with Crippen LogP contribution in [0.2, 0.25) is 0 Å². The van der Waals surface area contributed by atoms with Crippen LogP contribution >= 0.6 is 0 Å². The van der Waals surface area contributed by atoms with Gasteiger partial charge in [0.05, 0.1) is 18.3 Å². The third-order valence-electron chi connectivity index (χ3n) is 5.70. The van der Waals surface area contributed by atoms with Crippen molar-refractivity contribution in [3.05, 3.63) is 41.5 Å². The molecule has 0 aromatic carbocycles. The minimum absolute atomic E-state index is 0.120. The molecule has 1 saturated carbocycles. The van der Waals surface area contributed by atoms with Gasteiger partial charge in [0.1, 0.15) is 11.6 Å². The third-order valence-corrected chi connectivity index (χ3v) is 5.70. The summed E-state index contributed by atoms with van der Waals surface area (Å²) in [7, 11) is 0. The van der Waals surface area contributed by atoms with Crippen LogP contribution in [-0.2, 0) is 12.8 Å². The van der Waals surface area contributed by atoms with Gasteiger partial charge in [0.25, 0.3) is 0 Å². The first-order chi connectivity index (χ1) is 14.4. The zero-order valence-corrected chi connectivity index (χ0v) is 18.2. The van der Waals surface area contributed by atoms with Gasteiger partial charge in [-0.25, -0.2) is 15.0 Å². The fourth-order valence-electron chi connectivity index (χ4n) is 3.95. The molecular formula is C24H32N4O2. The number of terminal acetylenes is 1. The van der Waals surface area contributed by atoms with Gasteiger partial charge in [0, 0.05) is 30.4 Å². The molecule has 1 aliphatic rings. The first-order valence-corrected chi connectivity index (χ1v) is 10.8. The maximum absolute atomic E-state index is 10.2. The summed E-state index contributed by atoms with van der Waals surface area (Å²) in [5.74, 6) is 4.83. The van der Waals surface area contributed by atoms with Gasteiger partial charge in [-0.2, -0.15) is 0 Å². The van der Waals surface area contributed by atoms with Crippen molar-refractivity contribution in [2.75, 3.05) is 11.9 Å². The first-order valence-electron chi connectivity index (χ1n) is 10.8. The number of nitrogens with one attached hydrogen (secondary N) is 1. The van der Waals surface area contributed by atoms with E-state index < -0.39 is 0 Å². The Hall–Kier alpha value is -2.65. The summed E-state index contributed by atoms with van der Waals surface area (Å²) in [5.41, 5.74) is 1.56. The molecule has 0 unspecified atom stereocenters. The van der Waals surface area contributed by atoms with Gasteiger partial charge in [-0.1, -0.05) is 25.8 Å². The van der Waals surface area contributed by atoms with Crippen LogP contribution in [0, 0.1) is 17.8 Å². The second-order valence-corrected chi connectivity index (χ2v) is 8.57. The van der Waals surface area contributed by atoms with Crippen LogP contribution < -0.4 is 10.1 Å². The number of hydrogen-bond acceptors (Lipinski definition) is 6. The van der Waals surface area contributed by atoms with E-state index in [1.165, 1.54) is 0 Å². The summed E-state index contributed by atoms with van der Waals surface area (Å²) in [5, 5.41) is 13.7. The van der Waals surface area contributed by atoms with Crippen LogP contribution in [0.15, 0.2) is 24.4 Å². The van der Waals surface area contributed by atoms with Gasteiger partial charge in [-0.15, -0.1) is 6.42 Å². The molecule has 3 rings (SSSR count). The number of rotatable bonds is 8. The Morgan fingerprint density at radius 3 is 2.83 bits per heavy atom. The number of anilines is 1. The molecule has 2 heterocycles. The standard InChI is InChI=1S/C24H32N4O2/c1-5-17-16-25-21(11-7-9-18-10-8-12-22(26-18)30-6-2)28-23(17)27-19-13-14-20(29)24(3,4)15-19/h1,8,10,12,16,19-20,29H,6-7,9,11,13-15H2,2-4H3,(H,25,27,28)/t19-,20+/m1/s1. The second-order valence-electron chi connectivity index (χ2n) is 8.57. The number of aryl methyl sites for hydroxylation is 2. The first kappa shape index (κ1) is 22.0. The molecule has 0 bridgehead atoms. The maximum atomic E-state index is 10.2. The molecule has 1 aliphatic carbocycles. The van der Waals surface area contributed by atoms with E-state index in [4.69, 9.17) is 16.1 Å². The Bertz CT molecular complexity index is 891. The molecule has 6 heteroatoms. The highest BCUT2D eigenvalue weighted by atomic mass is 16.5. The molecule has 2 atom stereocenters. The van der Waals surface area contributed by atoms with E-state index in [2.05, 4.69) is 35.1 Å². The van der Waals surface area contributed by atoms with Crippen molar-refractivity contribution >= 4 is 5.82 Å². The molecule has 0 amide bonds. The Balaban J connectivity index is 1.62. The highest BCUT2D eigenvalue weighted by Crippen LogP contribution is 2.36. The minimum atomic E-state index is -0.265. The normalized spacial score (nSPS) is 20.4. The van der Waals surface area contributed by atoms with Crippen molar-refractivity contribution < 1.29 is 9.84 Å². The van der Waals surface area contributed by atoms with Gasteiger partial charge in [0.15, 0.2) is 0 Å². The molecule has 2 aromatic heterocycles. The van der Waals surface area contributed by atoms with Gasteiger partial charge in [-0.05, 0) is 50.5 Å². The number of hydrogen-bond donors (Lipinski definition) is 2. The van der Waals surface area contributed by atoms with Crippen LogP contribution in [0.5, 0.6) is 5.88 Å². The number of aliphatic hydroxyl groups is 1. The quantitative estimate of drug-likeness (QED) is 0.647. The van der Waals surface area contributed by atoms with E-state index in [0.29, 0.717) is 18.1 Å². The summed E-state index contributed by atoms with van der Waals surface area (Å²) >= 11 is 0. The molecule has 0 aliphatic heterocycles. The predicted octanol–water partition coefficient (Wildman–Crippen LogP) is 3.78. The van der Waals surface area contributed by atoms with Crippen molar-refractivity contribution in [3.8, 4) is 18.2 Å². The van der Waals surface area contributed by atoms with Crippen molar-refractivity contribution in [1.29, 1.82) is 0 Å². The highest BCUT2D eigenvalue weighted by Gasteiger charge is 2.35. The number of aromatic nitrogens is 3. The smallest absolute Gasteiger partial charge is 0.213 e. The van der Waals surface area contributed by atoms with E-state index in [9.17, 15) is 5.11 Å². The molecular weight excluding hydrogens is 376 g/mol. The monoisotopic (exact) mass is 408 g/mol. The molecule has 30 heavy (non-hydrogen) atoms. The molecule has 0 saturated heterocycles. The van der Waals surface area contributed by atoms with Gasteiger partial charge >= 0.3 is 0 Å². The summed E-state index contributed by atoms with van der Waals surface area (Å²) in [6, 6.07) is 6.09. The molecule has 1 fully saturated rings. The van der Waals surface area contributed by atoms with Crippen LogP contribution in [-0.4, -0.2) is 38.8 Å². The number of nitrogens with zero attached hydrogens (tertiary/aromatic N) is 3. The molecule has 0 radical (unpaired) electrons. The third kappa shape index (κ3) is 5.70. The average molecular weight is 409 g/mol. The van der Waals surface area contributed by atoms with Crippen molar-refractivity contribution in [3.63, 3.8) is 0 Å². The van der Waals surface area contributed by atoms with Crippen molar-refractivity contribution in [2.45, 2.75) is 71.4 Å². The average Bonchev–Trinajstić information content (AvgIpc) is 2.71. The van der Waals surface area contributed by atoms with Crippen LogP contribution in [0.1, 0.15) is 63.5 Å². The van der Waals surface area contributed by atoms with Gasteiger partial charge in [0.2, 0.25) is 5.88 Å². The predicted molar refractivity (Wildman–Crippen MR) is 118 cm³/mol. The second kappa shape index (κ2) is 9.90. The minimum Gasteiger partial charge on any atom is -0.478 e. The molecule has 2 N–H and O–H groups in total. The van der Waals surface area contributed by atoms with E-state index in [-0.39, 0.29) is 17.6 Å². The lowest BCUT2D eigenvalue weighted by Crippen LogP contribution is -2.41. The lowest BCUT2D eigenvalue weighted by atomic mass is 9.73. The van der Waals surface area contributed by atoms with Gasteiger partial charge in [-0.3, -0.25) is 0 Å². The number of ether oxygens (including phenoxy) is 1. The Labute approximate surface area is 179 Å². The van der Waals surface area contributed by atoms with Crippen LogP contribution in [0.3, 0.4) is 0 Å². The molecule has 0 spiro atoms. The largest absolute Gasteiger partial charge is 0.478 e. The number of aliphatic hydroxyl groups excluding tert-OH is 1. The maximum Gasteiger partial charge on any atom is 0.213 e.